The maximum atomic E-state index is 11.9. The zero-order valence-corrected chi connectivity index (χ0v) is 10.9. The molecule has 3 rings (SSSR count). The van der Waals surface area contributed by atoms with Gasteiger partial charge in [0.2, 0.25) is 0 Å². The van der Waals surface area contributed by atoms with Crippen molar-refractivity contribution in [3.8, 4) is 0 Å². The Morgan fingerprint density at radius 2 is 2.20 bits per heavy atom. The Kier molecular flexibility index (Phi) is 3.50. The summed E-state index contributed by atoms with van der Waals surface area (Å²) in [5.74, 6) is 1.47. The van der Waals surface area contributed by atoms with Gasteiger partial charge in [-0.1, -0.05) is 12.1 Å². The van der Waals surface area contributed by atoms with Gasteiger partial charge < -0.3 is 14.7 Å². The minimum Gasteiger partial charge on any atom is -0.461 e. The van der Waals surface area contributed by atoms with Gasteiger partial charge in [-0.3, -0.25) is 4.79 Å². The van der Waals surface area contributed by atoms with Crippen LogP contribution in [0.25, 0.3) is 11.0 Å². The fourth-order valence-electron chi connectivity index (χ4n) is 2.11. The van der Waals surface area contributed by atoms with Crippen LogP contribution in [0.3, 0.4) is 0 Å². The molecule has 5 nitrogen and oxygen atoms in total. The first-order chi connectivity index (χ1) is 9.83. The van der Waals surface area contributed by atoms with Crippen molar-refractivity contribution in [3.05, 3.63) is 58.7 Å². The van der Waals surface area contributed by atoms with Crippen LogP contribution in [0.2, 0.25) is 0 Å². The molecular formula is C15H15N3O2. The SMILES string of the molecule is O=c1cc(CCCNc2ncc[nH]2)oc2ccccc12. The summed E-state index contributed by atoms with van der Waals surface area (Å²) in [6.45, 7) is 0.768. The molecule has 0 aliphatic heterocycles. The number of benzene rings is 1. The van der Waals surface area contributed by atoms with Crippen LogP contribution in [0.1, 0.15) is 12.2 Å². The molecule has 0 radical (unpaired) electrons. The maximum Gasteiger partial charge on any atom is 0.200 e. The van der Waals surface area contributed by atoms with Gasteiger partial charge in [-0.2, -0.15) is 0 Å². The molecule has 0 saturated heterocycles. The lowest BCUT2D eigenvalue weighted by Gasteiger charge is -2.04. The van der Waals surface area contributed by atoms with E-state index in [9.17, 15) is 4.79 Å². The molecule has 0 aliphatic rings. The molecule has 2 aromatic heterocycles. The first kappa shape index (κ1) is 12.5. The van der Waals surface area contributed by atoms with Gasteiger partial charge >= 0.3 is 0 Å². The van der Waals surface area contributed by atoms with E-state index in [1.165, 1.54) is 0 Å². The lowest BCUT2D eigenvalue weighted by molar-refractivity contribution is 0.529. The summed E-state index contributed by atoms with van der Waals surface area (Å²) in [5, 5.41) is 3.79. The molecule has 2 heterocycles. The summed E-state index contributed by atoms with van der Waals surface area (Å²) in [5.41, 5.74) is 0.662. The van der Waals surface area contributed by atoms with E-state index in [0.717, 1.165) is 24.7 Å². The second-order valence-electron chi connectivity index (χ2n) is 4.54. The molecule has 5 heteroatoms. The van der Waals surface area contributed by atoms with E-state index in [4.69, 9.17) is 4.42 Å². The molecule has 0 aliphatic carbocycles. The van der Waals surface area contributed by atoms with E-state index in [1.54, 1.807) is 24.5 Å². The lowest BCUT2D eigenvalue weighted by Crippen LogP contribution is -2.06. The lowest BCUT2D eigenvalue weighted by atomic mass is 10.2. The summed E-state index contributed by atoms with van der Waals surface area (Å²) in [7, 11) is 0. The van der Waals surface area contributed by atoms with Crippen LogP contribution in [0.5, 0.6) is 0 Å². The van der Waals surface area contributed by atoms with E-state index < -0.39 is 0 Å². The van der Waals surface area contributed by atoms with Crippen LogP contribution < -0.4 is 10.7 Å². The van der Waals surface area contributed by atoms with Crippen molar-refractivity contribution < 1.29 is 4.42 Å². The molecule has 0 unspecified atom stereocenters. The topological polar surface area (TPSA) is 70.9 Å². The Hall–Kier alpha value is -2.56. The van der Waals surface area contributed by atoms with Crippen molar-refractivity contribution in [2.75, 3.05) is 11.9 Å². The van der Waals surface area contributed by atoms with E-state index in [1.807, 2.05) is 18.2 Å². The molecule has 0 bridgehead atoms. The molecular weight excluding hydrogens is 254 g/mol. The third kappa shape index (κ3) is 2.71. The number of aryl methyl sites for hydroxylation is 1. The summed E-state index contributed by atoms with van der Waals surface area (Å²) >= 11 is 0. The van der Waals surface area contributed by atoms with Crippen LogP contribution in [0.15, 0.2) is 51.9 Å². The highest BCUT2D eigenvalue weighted by atomic mass is 16.3. The van der Waals surface area contributed by atoms with Crippen molar-refractivity contribution >= 4 is 16.9 Å². The van der Waals surface area contributed by atoms with E-state index in [0.29, 0.717) is 17.4 Å². The smallest absolute Gasteiger partial charge is 0.200 e. The number of anilines is 1. The summed E-state index contributed by atoms with van der Waals surface area (Å²) < 4.78 is 5.73. The number of nitrogens with one attached hydrogen (secondary N) is 2. The Labute approximate surface area is 115 Å². The standard InChI is InChI=1S/C15H15N3O2/c19-13-10-11(20-14-6-2-1-5-12(13)14)4-3-7-16-15-17-8-9-18-15/h1-2,5-6,8-10H,3-4,7H2,(H2,16,17,18). The van der Waals surface area contributed by atoms with Gasteiger partial charge in [0, 0.05) is 31.4 Å². The molecule has 0 amide bonds. The number of H-pyrrole nitrogens is 1. The van der Waals surface area contributed by atoms with Gasteiger partial charge in [0.05, 0.1) is 5.39 Å². The second-order valence-corrected chi connectivity index (χ2v) is 4.54. The number of aromatic amines is 1. The van der Waals surface area contributed by atoms with Crippen LogP contribution in [0.4, 0.5) is 5.95 Å². The molecule has 2 N–H and O–H groups in total. The fraction of sp³-hybridized carbons (Fsp3) is 0.200. The van der Waals surface area contributed by atoms with Gasteiger partial charge in [-0.15, -0.1) is 0 Å². The highest BCUT2D eigenvalue weighted by Gasteiger charge is 2.04. The number of imidazole rings is 1. The number of hydrogen-bond donors (Lipinski definition) is 2. The van der Waals surface area contributed by atoms with Crippen molar-refractivity contribution in [2.24, 2.45) is 0 Å². The summed E-state index contributed by atoms with van der Waals surface area (Å²) in [6.07, 6.45) is 5.05. The molecule has 0 fully saturated rings. The monoisotopic (exact) mass is 269 g/mol. The highest BCUT2D eigenvalue weighted by molar-refractivity contribution is 5.76. The number of rotatable bonds is 5. The predicted molar refractivity (Wildman–Crippen MR) is 77.9 cm³/mol. The molecule has 0 spiro atoms. The molecule has 3 aromatic rings. The average Bonchev–Trinajstić information content (AvgIpc) is 2.97. The minimum absolute atomic E-state index is 0.0147. The number of hydrogen-bond acceptors (Lipinski definition) is 4. The summed E-state index contributed by atoms with van der Waals surface area (Å²) in [6, 6.07) is 8.89. The van der Waals surface area contributed by atoms with Gasteiger partial charge in [-0.05, 0) is 18.6 Å². The third-order valence-corrected chi connectivity index (χ3v) is 3.08. The van der Waals surface area contributed by atoms with E-state index >= 15 is 0 Å². The fourth-order valence-corrected chi connectivity index (χ4v) is 2.11. The van der Waals surface area contributed by atoms with E-state index in [2.05, 4.69) is 15.3 Å². The van der Waals surface area contributed by atoms with Gasteiger partial charge in [-0.25, -0.2) is 4.98 Å². The first-order valence-electron chi connectivity index (χ1n) is 6.58. The van der Waals surface area contributed by atoms with Crippen molar-refractivity contribution in [3.63, 3.8) is 0 Å². The number of fused-ring (bicyclic) bond motifs is 1. The Balaban J connectivity index is 1.64. The number of aromatic nitrogens is 2. The Morgan fingerprint density at radius 3 is 3.05 bits per heavy atom. The van der Waals surface area contributed by atoms with Gasteiger partial charge in [0.1, 0.15) is 11.3 Å². The maximum absolute atomic E-state index is 11.9. The van der Waals surface area contributed by atoms with Crippen LogP contribution in [-0.2, 0) is 6.42 Å². The molecule has 0 saturated carbocycles. The van der Waals surface area contributed by atoms with Crippen LogP contribution in [-0.4, -0.2) is 16.5 Å². The van der Waals surface area contributed by atoms with Crippen molar-refractivity contribution in [2.45, 2.75) is 12.8 Å². The quantitative estimate of drug-likeness (QED) is 0.698. The predicted octanol–water partition coefficient (Wildman–Crippen LogP) is 2.56. The number of nitrogens with zero attached hydrogens (tertiary/aromatic N) is 1. The average molecular weight is 269 g/mol. The zero-order valence-electron chi connectivity index (χ0n) is 10.9. The Bertz CT molecular complexity index is 747. The van der Waals surface area contributed by atoms with E-state index in [-0.39, 0.29) is 5.43 Å². The van der Waals surface area contributed by atoms with Crippen LogP contribution in [0, 0.1) is 0 Å². The first-order valence-corrected chi connectivity index (χ1v) is 6.58. The van der Waals surface area contributed by atoms with Crippen molar-refractivity contribution in [1.82, 2.24) is 9.97 Å². The number of para-hydroxylation sites is 1. The minimum atomic E-state index is 0.0147. The Morgan fingerprint density at radius 1 is 1.30 bits per heavy atom. The van der Waals surface area contributed by atoms with Gasteiger partial charge in [0.25, 0.3) is 0 Å². The molecule has 1 aromatic carbocycles. The highest BCUT2D eigenvalue weighted by Crippen LogP contribution is 2.12. The zero-order chi connectivity index (χ0) is 13.8. The van der Waals surface area contributed by atoms with Crippen molar-refractivity contribution in [1.29, 1.82) is 0 Å². The van der Waals surface area contributed by atoms with Crippen LogP contribution >= 0.6 is 0 Å². The molecule has 102 valence electrons. The molecule has 0 atom stereocenters. The normalized spacial score (nSPS) is 10.8. The van der Waals surface area contributed by atoms with Gasteiger partial charge in [0.15, 0.2) is 11.4 Å². The molecule has 20 heavy (non-hydrogen) atoms. The summed E-state index contributed by atoms with van der Waals surface area (Å²) in [4.78, 5) is 19.0. The third-order valence-electron chi connectivity index (χ3n) is 3.08. The largest absolute Gasteiger partial charge is 0.461 e. The second kappa shape index (κ2) is 5.61.